The van der Waals surface area contributed by atoms with Crippen LogP contribution in [0, 0.1) is 5.82 Å². The van der Waals surface area contributed by atoms with Gasteiger partial charge in [-0.05, 0) is 45.1 Å². The van der Waals surface area contributed by atoms with Crippen LogP contribution < -0.4 is 0 Å². The fourth-order valence-corrected chi connectivity index (χ4v) is 2.75. The Morgan fingerprint density at radius 1 is 1.38 bits per heavy atom. The maximum atomic E-state index is 13.3. The second-order valence-electron chi connectivity index (χ2n) is 3.21. The Morgan fingerprint density at radius 3 is 2.69 bits per heavy atom. The largest absolute Gasteiger partial charge is 0.383 e. The summed E-state index contributed by atoms with van der Waals surface area (Å²) in [7, 11) is 0. The molecule has 1 aromatic carbocycles. The maximum Gasteiger partial charge on any atom is 0.137 e. The molecule has 0 aliphatic heterocycles. The van der Waals surface area contributed by atoms with Crippen molar-refractivity contribution in [2.24, 2.45) is 0 Å². The van der Waals surface area contributed by atoms with Crippen molar-refractivity contribution in [3.8, 4) is 0 Å². The summed E-state index contributed by atoms with van der Waals surface area (Å²) in [6.07, 6.45) is -0.880. The topological polar surface area (TPSA) is 20.2 Å². The summed E-state index contributed by atoms with van der Waals surface area (Å²) >= 11 is 10.3. The van der Waals surface area contributed by atoms with Crippen LogP contribution in [0.25, 0.3) is 0 Å². The molecular weight excluding hydrogens is 315 g/mol. The van der Waals surface area contributed by atoms with Crippen molar-refractivity contribution in [3.05, 3.63) is 55.4 Å². The maximum absolute atomic E-state index is 13.3. The first kappa shape index (κ1) is 12.0. The lowest BCUT2D eigenvalue weighted by Crippen LogP contribution is -1.98. The first-order chi connectivity index (χ1) is 7.59. The number of aliphatic hydroxyl groups excluding tert-OH is 1. The number of hydrogen-bond donors (Lipinski definition) is 1. The van der Waals surface area contributed by atoms with E-state index in [1.165, 1.54) is 17.4 Å². The van der Waals surface area contributed by atoms with Gasteiger partial charge in [0.1, 0.15) is 11.9 Å². The molecule has 2 aromatic rings. The number of rotatable bonds is 2. The Morgan fingerprint density at radius 2 is 2.12 bits per heavy atom. The molecule has 1 N–H and O–H groups in total. The molecule has 16 heavy (non-hydrogen) atoms. The summed E-state index contributed by atoms with van der Waals surface area (Å²) in [5.41, 5.74) is 0.491. The highest BCUT2D eigenvalue weighted by Gasteiger charge is 2.16. The summed E-state index contributed by atoms with van der Waals surface area (Å²) < 4.78 is 13.7. The van der Waals surface area contributed by atoms with E-state index in [4.69, 9.17) is 11.6 Å². The molecule has 1 heterocycles. The lowest BCUT2D eigenvalue weighted by atomic mass is 10.1. The van der Waals surface area contributed by atoms with Gasteiger partial charge in [0.15, 0.2) is 0 Å². The molecule has 1 unspecified atom stereocenters. The highest BCUT2D eigenvalue weighted by atomic mass is 79.9. The first-order valence-electron chi connectivity index (χ1n) is 4.45. The minimum atomic E-state index is -0.880. The standard InChI is InChI=1S/C11H7BrClFOS/c12-7-2-1-6(5-9(7)14)10(15)11-8(13)3-4-16-11/h1-5,10,15H. The van der Waals surface area contributed by atoms with Gasteiger partial charge < -0.3 is 5.11 Å². The fraction of sp³-hybridized carbons (Fsp3) is 0.0909. The minimum Gasteiger partial charge on any atom is -0.383 e. The Kier molecular flexibility index (Phi) is 3.64. The smallest absolute Gasteiger partial charge is 0.137 e. The van der Waals surface area contributed by atoms with E-state index < -0.39 is 11.9 Å². The summed E-state index contributed by atoms with van der Waals surface area (Å²) in [6, 6.07) is 6.23. The van der Waals surface area contributed by atoms with Crippen LogP contribution in [-0.2, 0) is 0 Å². The molecule has 5 heteroatoms. The van der Waals surface area contributed by atoms with Gasteiger partial charge in [-0.25, -0.2) is 4.39 Å². The zero-order chi connectivity index (χ0) is 11.7. The molecule has 0 amide bonds. The zero-order valence-corrected chi connectivity index (χ0v) is 11.1. The predicted molar refractivity (Wildman–Crippen MR) is 67.5 cm³/mol. The van der Waals surface area contributed by atoms with Crippen LogP contribution in [0.2, 0.25) is 5.02 Å². The van der Waals surface area contributed by atoms with Crippen molar-refractivity contribution >= 4 is 38.9 Å². The SMILES string of the molecule is OC(c1ccc(Br)c(F)c1)c1sccc1Cl. The average Bonchev–Trinajstić information content (AvgIpc) is 2.67. The van der Waals surface area contributed by atoms with E-state index in [2.05, 4.69) is 15.9 Å². The number of benzene rings is 1. The summed E-state index contributed by atoms with van der Waals surface area (Å²) in [5, 5.41) is 12.3. The van der Waals surface area contributed by atoms with Crippen LogP contribution in [0.3, 0.4) is 0 Å². The van der Waals surface area contributed by atoms with Gasteiger partial charge in [0, 0.05) is 0 Å². The molecule has 0 aliphatic rings. The molecule has 0 saturated heterocycles. The average molecular weight is 322 g/mol. The van der Waals surface area contributed by atoms with Gasteiger partial charge in [0.05, 0.1) is 14.4 Å². The van der Waals surface area contributed by atoms with Crippen LogP contribution in [-0.4, -0.2) is 5.11 Å². The molecule has 0 aliphatic carbocycles. The van der Waals surface area contributed by atoms with E-state index in [9.17, 15) is 9.50 Å². The first-order valence-corrected chi connectivity index (χ1v) is 6.50. The van der Waals surface area contributed by atoms with Crippen molar-refractivity contribution < 1.29 is 9.50 Å². The molecule has 0 radical (unpaired) electrons. The van der Waals surface area contributed by atoms with Crippen molar-refractivity contribution in [1.29, 1.82) is 0 Å². The van der Waals surface area contributed by atoms with E-state index in [0.717, 1.165) is 0 Å². The molecule has 1 nitrogen and oxygen atoms in total. The summed E-state index contributed by atoms with van der Waals surface area (Å²) in [6.45, 7) is 0. The van der Waals surface area contributed by atoms with Gasteiger partial charge >= 0.3 is 0 Å². The third-order valence-electron chi connectivity index (χ3n) is 2.15. The Hall–Kier alpha value is -0.420. The van der Waals surface area contributed by atoms with Gasteiger partial charge in [-0.3, -0.25) is 0 Å². The number of aliphatic hydroxyl groups is 1. The second-order valence-corrected chi connectivity index (χ2v) is 5.42. The molecular formula is C11H7BrClFOS. The van der Waals surface area contributed by atoms with Crippen LogP contribution in [0.4, 0.5) is 4.39 Å². The third-order valence-corrected chi connectivity index (χ3v) is 4.21. The Balaban J connectivity index is 2.38. The fourth-order valence-electron chi connectivity index (χ4n) is 1.33. The van der Waals surface area contributed by atoms with Crippen molar-refractivity contribution in [1.82, 2.24) is 0 Å². The van der Waals surface area contributed by atoms with Crippen molar-refractivity contribution in [2.75, 3.05) is 0 Å². The molecule has 1 aromatic heterocycles. The van der Waals surface area contributed by atoms with Gasteiger partial charge in [-0.2, -0.15) is 0 Å². The van der Waals surface area contributed by atoms with Gasteiger partial charge in [-0.1, -0.05) is 17.7 Å². The molecule has 0 saturated carbocycles. The molecule has 0 bridgehead atoms. The van der Waals surface area contributed by atoms with Crippen LogP contribution in [0.5, 0.6) is 0 Å². The quantitative estimate of drug-likeness (QED) is 0.870. The van der Waals surface area contributed by atoms with Gasteiger partial charge in [0.25, 0.3) is 0 Å². The summed E-state index contributed by atoms with van der Waals surface area (Å²) in [5.74, 6) is -0.399. The number of thiophene rings is 1. The van der Waals surface area contributed by atoms with E-state index in [1.54, 1.807) is 23.6 Å². The Labute approximate surface area is 110 Å². The lowest BCUT2D eigenvalue weighted by Gasteiger charge is -2.10. The molecule has 84 valence electrons. The highest BCUT2D eigenvalue weighted by molar-refractivity contribution is 9.10. The van der Waals surface area contributed by atoms with E-state index >= 15 is 0 Å². The molecule has 0 spiro atoms. The van der Waals surface area contributed by atoms with Crippen LogP contribution in [0.1, 0.15) is 16.5 Å². The molecule has 0 fully saturated rings. The monoisotopic (exact) mass is 320 g/mol. The minimum absolute atomic E-state index is 0.376. The third kappa shape index (κ3) is 2.30. The normalized spacial score (nSPS) is 12.8. The number of hydrogen-bond acceptors (Lipinski definition) is 2. The van der Waals surface area contributed by atoms with Crippen molar-refractivity contribution in [2.45, 2.75) is 6.10 Å². The van der Waals surface area contributed by atoms with E-state index in [0.29, 0.717) is 19.9 Å². The van der Waals surface area contributed by atoms with Gasteiger partial charge in [-0.15, -0.1) is 11.3 Å². The second kappa shape index (κ2) is 4.84. The number of halogens is 3. The summed E-state index contributed by atoms with van der Waals surface area (Å²) in [4.78, 5) is 0.628. The lowest BCUT2D eigenvalue weighted by molar-refractivity contribution is 0.223. The zero-order valence-electron chi connectivity index (χ0n) is 7.95. The van der Waals surface area contributed by atoms with Crippen molar-refractivity contribution in [3.63, 3.8) is 0 Å². The van der Waals surface area contributed by atoms with E-state index in [-0.39, 0.29) is 0 Å². The van der Waals surface area contributed by atoms with Gasteiger partial charge in [0.2, 0.25) is 0 Å². The van der Waals surface area contributed by atoms with Crippen LogP contribution in [0.15, 0.2) is 34.1 Å². The molecule has 1 atom stereocenters. The highest BCUT2D eigenvalue weighted by Crippen LogP contribution is 2.33. The van der Waals surface area contributed by atoms with Crippen LogP contribution >= 0.6 is 38.9 Å². The molecule has 2 rings (SSSR count). The Bertz CT molecular complexity index is 514. The van der Waals surface area contributed by atoms with E-state index in [1.807, 2.05) is 0 Å². The predicted octanol–water partition coefficient (Wildman–Crippen LogP) is 4.38.